The van der Waals surface area contributed by atoms with Crippen LogP contribution in [0, 0.1) is 0 Å². The first-order valence-electron chi connectivity index (χ1n) is 6.99. The van der Waals surface area contributed by atoms with Crippen LogP contribution in [-0.4, -0.2) is 45.9 Å². The van der Waals surface area contributed by atoms with Crippen LogP contribution in [0.2, 0.25) is 5.02 Å². The van der Waals surface area contributed by atoms with E-state index in [0.717, 1.165) is 0 Å². The molecule has 2 N–H and O–H groups in total. The van der Waals surface area contributed by atoms with Crippen molar-refractivity contribution in [3.8, 4) is 0 Å². The summed E-state index contributed by atoms with van der Waals surface area (Å²) in [7, 11) is 0. The van der Waals surface area contributed by atoms with Gasteiger partial charge >= 0.3 is 5.97 Å². The number of carbonyl (C=O) groups excluding carboxylic acids is 1. The summed E-state index contributed by atoms with van der Waals surface area (Å²) in [5.74, 6) is -4.25. The highest BCUT2D eigenvalue weighted by atomic mass is 35.5. The molecule has 1 saturated heterocycles. The van der Waals surface area contributed by atoms with Gasteiger partial charge in [0.2, 0.25) is 0 Å². The second kappa shape index (κ2) is 5.49. The summed E-state index contributed by atoms with van der Waals surface area (Å²) in [6.45, 7) is -0.0371. The molecule has 0 saturated carbocycles. The molecule has 0 atom stereocenters. The third kappa shape index (κ3) is 3.01. The Hall–Kier alpha value is -2.15. The second-order valence-corrected chi connectivity index (χ2v) is 5.97. The van der Waals surface area contributed by atoms with Gasteiger partial charge in [0, 0.05) is 31.3 Å². The van der Waals surface area contributed by atoms with Gasteiger partial charge in [-0.05, 0) is 18.2 Å². The van der Waals surface area contributed by atoms with Crippen molar-refractivity contribution < 1.29 is 23.5 Å². The molecule has 23 heavy (non-hydrogen) atoms. The molecule has 3 rings (SSSR count). The molecule has 1 aliphatic heterocycles. The zero-order chi connectivity index (χ0) is 16.8. The van der Waals surface area contributed by atoms with Crippen LogP contribution >= 0.6 is 11.6 Å². The Balaban J connectivity index is 1.90. The fraction of sp³-hybridized carbons (Fsp3) is 0.333. The van der Waals surface area contributed by atoms with Crippen molar-refractivity contribution in [2.75, 3.05) is 13.1 Å². The summed E-state index contributed by atoms with van der Waals surface area (Å²) in [5, 5.41) is 9.69. The number of piperidine rings is 1. The fourth-order valence-electron chi connectivity index (χ4n) is 2.65. The molecule has 0 radical (unpaired) electrons. The highest BCUT2D eigenvalue weighted by Gasteiger charge is 2.36. The molecule has 0 unspecified atom stereocenters. The molecule has 1 aliphatic rings. The van der Waals surface area contributed by atoms with E-state index in [-0.39, 0.29) is 42.2 Å². The van der Waals surface area contributed by atoms with Gasteiger partial charge in [0.25, 0.3) is 11.8 Å². The Morgan fingerprint density at radius 1 is 1.22 bits per heavy atom. The molecular weight excluding hydrogens is 330 g/mol. The number of halogens is 3. The quantitative estimate of drug-likeness (QED) is 0.878. The van der Waals surface area contributed by atoms with Gasteiger partial charge in [-0.1, -0.05) is 11.6 Å². The van der Waals surface area contributed by atoms with Crippen LogP contribution in [-0.2, 0) is 0 Å². The normalized spacial score (nSPS) is 17.4. The summed E-state index contributed by atoms with van der Waals surface area (Å²) >= 11 is 6.03. The van der Waals surface area contributed by atoms with E-state index in [1.54, 1.807) is 0 Å². The minimum absolute atomic E-state index is 0.0121. The monoisotopic (exact) mass is 342 g/mol. The first-order chi connectivity index (χ1) is 10.8. The molecule has 8 heteroatoms. The molecule has 0 aliphatic carbocycles. The van der Waals surface area contributed by atoms with Crippen molar-refractivity contribution in [2.24, 2.45) is 0 Å². The Morgan fingerprint density at radius 3 is 2.48 bits per heavy atom. The van der Waals surface area contributed by atoms with Gasteiger partial charge in [-0.15, -0.1) is 0 Å². The smallest absolute Gasteiger partial charge is 0.335 e. The van der Waals surface area contributed by atoms with Crippen LogP contribution < -0.4 is 0 Å². The van der Waals surface area contributed by atoms with Crippen molar-refractivity contribution in [3.05, 3.63) is 34.5 Å². The molecule has 5 nitrogen and oxygen atoms in total. The van der Waals surface area contributed by atoms with Crippen molar-refractivity contribution in [3.63, 3.8) is 0 Å². The number of nitrogens with zero attached hydrogens (tertiary/aromatic N) is 1. The number of H-pyrrole nitrogens is 1. The average Bonchev–Trinajstić information content (AvgIpc) is 2.91. The second-order valence-electron chi connectivity index (χ2n) is 5.56. The van der Waals surface area contributed by atoms with Gasteiger partial charge in [-0.25, -0.2) is 13.6 Å². The van der Waals surface area contributed by atoms with E-state index in [1.165, 1.54) is 23.1 Å². The fourth-order valence-corrected chi connectivity index (χ4v) is 2.92. The summed E-state index contributed by atoms with van der Waals surface area (Å²) in [5.41, 5.74) is 0.662. The summed E-state index contributed by atoms with van der Waals surface area (Å²) in [4.78, 5) is 27.6. The Morgan fingerprint density at radius 2 is 1.87 bits per heavy atom. The number of rotatable bonds is 2. The lowest BCUT2D eigenvalue weighted by Crippen LogP contribution is -2.42. The molecule has 0 bridgehead atoms. The number of benzene rings is 1. The number of carbonyl (C=O) groups is 2. The number of amides is 1. The minimum atomic E-state index is -2.73. The van der Waals surface area contributed by atoms with Crippen LogP contribution in [0.15, 0.2) is 18.2 Å². The van der Waals surface area contributed by atoms with Crippen LogP contribution in [0.3, 0.4) is 0 Å². The van der Waals surface area contributed by atoms with E-state index in [2.05, 4.69) is 4.98 Å². The minimum Gasteiger partial charge on any atom is -0.478 e. The number of hydrogen-bond donors (Lipinski definition) is 2. The summed E-state index contributed by atoms with van der Waals surface area (Å²) in [6.07, 6.45) is -0.716. The molecule has 1 fully saturated rings. The largest absolute Gasteiger partial charge is 0.478 e. The van der Waals surface area contributed by atoms with E-state index in [1.807, 2.05) is 0 Å². The molecule has 1 aromatic carbocycles. The number of fused-ring (bicyclic) bond motifs is 1. The predicted octanol–water partition coefficient (Wildman–Crippen LogP) is 3.39. The molecule has 0 spiro atoms. The maximum Gasteiger partial charge on any atom is 0.335 e. The Kier molecular flexibility index (Phi) is 3.75. The standard InChI is InChI=1S/C15H13ClF2N2O3/c16-10-6-9(14(22)23)5-8-7-11(19-12(8)10)13(21)20-3-1-15(17,18)2-4-20/h5-7,19H,1-4H2,(H,22,23). The Labute approximate surface area is 134 Å². The van der Waals surface area contributed by atoms with E-state index in [4.69, 9.17) is 16.7 Å². The molecular formula is C15H13ClF2N2O3. The van der Waals surface area contributed by atoms with Crippen molar-refractivity contribution in [1.82, 2.24) is 9.88 Å². The highest BCUT2D eigenvalue weighted by Crippen LogP contribution is 2.30. The highest BCUT2D eigenvalue weighted by molar-refractivity contribution is 6.35. The number of aromatic carboxylic acids is 1. The lowest BCUT2D eigenvalue weighted by atomic mass is 10.1. The van der Waals surface area contributed by atoms with Gasteiger partial charge in [-0.3, -0.25) is 4.79 Å². The van der Waals surface area contributed by atoms with Crippen molar-refractivity contribution in [2.45, 2.75) is 18.8 Å². The lowest BCUT2D eigenvalue weighted by Gasteiger charge is -2.31. The number of carboxylic acids is 1. The SMILES string of the molecule is O=C(O)c1cc(Cl)c2[nH]c(C(=O)N3CCC(F)(F)CC3)cc2c1. The van der Waals surface area contributed by atoms with Crippen LogP contribution in [0.1, 0.15) is 33.7 Å². The molecule has 1 aromatic heterocycles. The molecule has 1 amide bonds. The first kappa shape index (κ1) is 15.7. The van der Waals surface area contributed by atoms with E-state index in [9.17, 15) is 18.4 Å². The Bertz CT molecular complexity index is 793. The van der Waals surface area contributed by atoms with E-state index < -0.39 is 17.8 Å². The maximum absolute atomic E-state index is 13.2. The van der Waals surface area contributed by atoms with Gasteiger partial charge in [0.15, 0.2) is 0 Å². The number of hydrogen-bond acceptors (Lipinski definition) is 2. The number of nitrogens with one attached hydrogen (secondary N) is 1. The summed E-state index contributed by atoms with van der Waals surface area (Å²) < 4.78 is 26.3. The number of aromatic amines is 1. The lowest BCUT2D eigenvalue weighted by molar-refractivity contribution is -0.0495. The van der Waals surface area contributed by atoms with Crippen LogP contribution in [0.4, 0.5) is 8.78 Å². The van der Waals surface area contributed by atoms with Crippen LogP contribution in [0.25, 0.3) is 10.9 Å². The van der Waals surface area contributed by atoms with Gasteiger partial charge in [-0.2, -0.15) is 0 Å². The van der Waals surface area contributed by atoms with Crippen molar-refractivity contribution in [1.29, 1.82) is 0 Å². The average molecular weight is 343 g/mol. The summed E-state index contributed by atoms with van der Waals surface area (Å²) in [6, 6.07) is 4.18. The molecule has 122 valence electrons. The third-order valence-electron chi connectivity index (χ3n) is 3.94. The third-order valence-corrected chi connectivity index (χ3v) is 4.24. The predicted molar refractivity (Wildman–Crippen MR) is 80.4 cm³/mol. The maximum atomic E-state index is 13.2. The van der Waals surface area contributed by atoms with E-state index >= 15 is 0 Å². The number of aromatic nitrogens is 1. The van der Waals surface area contributed by atoms with Crippen molar-refractivity contribution >= 4 is 34.4 Å². The topological polar surface area (TPSA) is 73.4 Å². The number of alkyl halides is 2. The first-order valence-corrected chi connectivity index (χ1v) is 7.37. The molecule has 2 aromatic rings. The zero-order valence-electron chi connectivity index (χ0n) is 11.9. The van der Waals surface area contributed by atoms with Gasteiger partial charge < -0.3 is 15.0 Å². The number of carboxylic acid groups (broad SMARTS) is 1. The van der Waals surface area contributed by atoms with Crippen LogP contribution in [0.5, 0.6) is 0 Å². The number of likely N-dealkylation sites (tertiary alicyclic amines) is 1. The van der Waals surface area contributed by atoms with Gasteiger partial charge in [0.1, 0.15) is 5.69 Å². The van der Waals surface area contributed by atoms with E-state index in [0.29, 0.717) is 10.9 Å². The molecule has 2 heterocycles. The van der Waals surface area contributed by atoms with Gasteiger partial charge in [0.05, 0.1) is 16.1 Å². The zero-order valence-corrected chi connectivity index (χ0v) is 12.7.